The summed E-state index contributed by atoms with van der Waals surface area (Å²) in [6.07, 6.45) is 0.900. The number of fused-ring (bicyclic) bond motifs is 2. The minimum atomic E-state index is -0.442. The lowest BCUT2D eigenvalue weighted by Gasteiger charge is -2.04. The third kappa shape index (κ3) is 3.66. The van der Waals surface area contributed by atoms with Gasteiger partial charge in [-0.15, -0.1) is 11.3 Å². The number of rotatable bonds is 5. The number of carbonyl (C=O) groups is 1. The highest BCUT2D eigenvalue weighted by atomic mass is 32.1. The van der Waals surface area contributed by atoms with Crippen LogP contribution in [0.5, 0.6) is 5.75 Å². The van der Waals surface area contributed by atoms with E-state index in [-0.39, 0.29) is 11.6 Å². The van der Waals surface area contributed by atoms with Crippen LogP contribution in [-0.4, -0.2) is 22.5 Å². The summed E-state index contributed by atoms with van der Waals surface area (Å²) in [5.74, 6) is 0.404. The molecule has 0 bridgehead atoms. The summed E-state index contributed by atoms with van der Waals surface area (Å²) in [6, 6.07) is 12.1. The van der Waals surface area contributed by atoms with Crippen LogP contribution in [0.15, 0.2) is 47.5 Å². The molecule has 1 amide bonds. The van der Waals surface area contributed by atoms with Crippen LogP contribution in [-0.2, 0) is 6.54 Å². The number of hydrogen-bond acceptors (Lipinski definition) is 6. The summed E-state index contributed by atoms with van der Waals surface area (Å²) in [7, 11) is 1.62. The maximum absolute atomic E-state index is 12.8. The first-order valence-electron chi connectivity index (χ1n) is 8.94. The summed E-state index contributed by atoms with van der Waals surface area (Å²) < 4.78 is 9.19. The molecular formula is C20H17N3O4S2. The number of aryl methyl sites for hydroxylation is 1. The van der Waals surface area contributed by atoms with E-state index in [4.69, 9.17) is 4.74 Å². The number of thiophene rings is 1. The quantitative estimate of drug-likeness (QED) is 0.332. The number of ether oxygens (including phenoxy) is 1. The molecule has 0 atom stereocenters. The smallest absolute Gasteiger partial charge is 0.289 e. The zero-order chi connectivity index (χ0) is 20.5. The van der Waals surface area contributed by atoms with E-state index >= 15 is 0 Å². The van der Waals surface area contributed by atoms with Gasteiger partial charge in [0.15, 0.2) is 4.80 Å². The van der Waals surface area contributed by atoms with E-state index in [1.807, 2.05) is 22.8 Å². The van der Waals surface area contributed by atoms with Crippen molar-refractivity contribution in [1.82, 2.24) is 4.57 Å². The van der Waals surface area contributed by atoms with Gasteiger partial charge in [0, 0.05) is 34.8 Å². The van der Waals surface area contributed by atoms with Crippen LogP contribution in [0.25, 0.3) is 20.3 Å². The summed E-state index contributed by atoms with van der Waals surface area (Å²) in [5.41, 5.74) is 0.986. The topological polar surface area (TPSA) is 86.7 Å². The Hall–Kier alpha value is -3.04. The number of nitrogens with zero attached hydrogens (tertiary/aromatic N) is 3. The normalized spacial score (nSPS) is 12.0. The lowest BCUT2D eigenvalue weighted by Crippen LogP contribution is -2.16. The van der Waals surface area contributed by atoms with Crippen molar-refractivity contribution >= 4 is 54.6 Å². The first kappa shape index (κ1) is 19.3. The van der Waals surface area contributed by atoms with E-state index < -0.39 is 4.92 Å². The number of aromatic nitrogens is 1. The van der Waals surface area contributed by atoms with E-state index in [9.17, 15) is 14.9 Å². The van der Waals surface area contributed by atoms with Crippen LogP contribution in [0, 0.1) is 10.1 Å². The van der Waals surface area contributed by atoms with Crippen molar-refractivity contribution in [3.63, 3.8) is 0 Å². The Labute approximate surface area is 173 Å². The van der Waals surface area contributed by atoms with Crippen molar-refractivity contribution in [2.75, 3.05) is 7.11 Å². The van der Waals surface area contributed by atoms with Gasteiger partial charge >= 0.3 is 0 Å². The van der Waals surface area contributed by atoms with E-state index in [0.29, 0.717) is 15.1 Å². The lowest BCUT2D eigenvalue weighted by molar-refractivity contribution is -0.384. The van der Waals surface area contributed by atoms with Gasteiger partial charge in [-0.2, -0.15) is 4.99 Å². The number of nitro benzene ring substituents is 1. The number of non-ortho nitro benzene ring substituents is 1. The third-order valence-corrected chi connectivity index (χ3v) is 6.62. The van der Waals surface area contributed by atoms with Gasteiger partial charge in [-0.3, -0.25) is 14.9 Å². The number of nitro groups is 1. The van der Waals surface area contributed by atoms with Gasteiger partial charge in [-0.1, -0.05) is 18.3 Å². The number of thiazole rings is 1. The van der Waals surface area contributed by atoms with Crippen LogP contribution in [0.4, 0.5) is 5.69 Å². The number of methoxy groups -OCH3 is 1. The Bertz CT molecular complexity index is 1320. The fraction of sp³-hybridized carbons (Fsp3) is 0.200. The van der Waals surface area contributed by atoms with Crippen molar-refractivity contribution in [2.45, 2.75) is 19.9 Å². The fourth-order valence-electron chi connectivity index (χ4n) is 3.09. The first-order valence-corrected chi connectivity index (χ1v) is 10.6. The van der Waals surface area contributed by atoms with Gasteiger partial charge in [0.05, 0.1) is 27.1 Å². The molecule has 0 saturated heterocycles. The van der Waals surface area contributed by atoms with Gasteiger partial charge in [0.2, 0.25) is 0 Å². The Morgan fingerprint density at radius 1 is 1.17 bits per heavy atom. The molecule has 2 aromatic carbocycles. The lowest BCUT2D eigenvalue weighted by atomic mass is 10.2. The van der Waals surface area contributed by atoms with Crippen molar-refractivity contribution < 1.29 is 14.5 Å². The second kappa shape index (κ2) is 7.76. The van der Waals surface area contributed by atoms with Crippen molar-refractivity contribution in [3.8, 4) is 5.75 Å². The van der Waals surface area contributed by atoms with Crippen molar-refractivity contribution in [3.05, 3.63) is 62.3 Å². The Morgan fingerprint density at radius 2 is 1.97 bits per heavy atom. The molecule has 0 radical (unpaired) electrons. The molecular weight excluding hydrogens is 410 g/mol. The molecule has 2 heterocycles. The van der Waals surface area contributed by atoms with E-state index in [1.54, 1.807) is 19.2 Å². The average Bonchev–Trinajstić information content (AvgIpc) is 3.29. The number of benzene rings is 2. The maximum Gasteiger partial charge on any atom is 0.289 e. The molecule has 7 nitrogen and oxygen atoms in total. The molecule has 0 saturated carbocycles. The second-order valence-electron chi connectivity index (χ2n) is 6.38. The Balaban J connectivity index is 1.79. The monoisotopic (exact) mass is 427 g/mol. The highest BCUT2D eigenvalue weighted by Gasteiger charge is 2.14. The third-order valence-electron chi connectivity index (χ3n) is 4.45. The summed E-state index contributed by atoms with van der Waals surface area (Å²) in [5, 5.41) is 11.6. The minimum Gasteiger partial charge on any atom is -0.497 e. The zero-order valence-corrected chi connectivity index (χ0v) is 17.4. The Morgan fingerprint density at radius 3 is 2.69 bits per heavy atom. The standard InChI is InChI=1S/C20H17N3O4S2/c1-3-8-22-15-11-14(27-2)5-7-17(15)29-20(22)21-19(24)18-10-12-9-13(23(25)26)4-6-16(12)28-18/h4-7,9-11H,3,8H2,1-2H3. The van der Waals surface area contributed by atoms with Crippen LogP contribution >= 0.6 is 22.7 Å². The zero-order valence-electron chi connectivity index (χ0n) is 15.7. The first-order chi connectivity index (χ1) is 14.0. The van der Waals surface area contributed by atoms with E-state index in [0.717, 1.165) is 33.6 Å². The van der Waals surface area contributed by atoms with Crippen molar-refractivity contribution in [1.29, 1.82) is 0 Å². The van der Waals surface area contributed by atoms with Gasteiger partial charge in [0.25, 0.3) is 11.6 Å². The number of hydrogen-bond donors (Lipinski definition) is 0. The molecule has 4 aromatic rings. The summed E-state index contributed by atoms with van der Waals surface area (Å²) >= 11 is 2.74. The van der Waals surface area contributed by atoms with Gasteiger partial charge in [0.1, 0.15) is 5.75 Å². The van der Waals surface area contributed by atoms with Gasteiger partial charge in [-0.05, 0) is 30.7 Å². The molecule has 0 fully saturated rings. The van der Waals surface area contributed by atoms with Gasteiger partial charge in [-0.25, -0.2) is 0 Å². The number of amides is 1. The average molecular weight is 428 g/mol. The highest BCUT2D eigenvalue weighted by Crippen LogP contribution is 2.29. The molecule has 0 aliphatic heterocycles. The van der Waals surface area contributed by atoms with Crippen LogP contribution in [0.3, 0.4) is 0 Å². The predicted octanol–water partition coefficient (Wildman–Crippen LogP) is 4.99. The maximum atomic E-state index is 12.8. The minimum absolute atomic E-state index is 0.00507. The molecule has 9 heteroatoms. The predicted molar refractivity (Wildman–Crippen MR) is 115 cm³/mol. The molecule has 0 N–H and O–H groups in total. The molecule has 0 unspecified atom stereocenters. The Kier molecular flexibility index (Phi) is 5.16. The van der Waals surface area contributed by atoms with Crippen LogP contribution < -0.4 is 9.54 Å². The largest absolute Gasteiger partial charge is 0.497 e. The fourth-order valence-corrected chi connectivity index (χ4v) is 5.05. The molecule has 0 aliphatic rings. The van der Waals surface area contributed by atoms with Gasteiger partial charge < -0.3 is 9.30 Å². The highest BCUT2D eigenvalue weighted by molar-refractivity contribution is 7.21. The summed E-state index contributed by atoms with van der Waals surface area (Å²) in [6.45, 7) is 2.80. The molecule has 4 rings (SSSR count). The molecule has 29 heavy (non-hydrogen) atoms. The molecule has 0 spiro atoms. The van der Waals surface area contributed by atoms with E-state index in [1.165, 1.54) is 34.8 Å². The number of carbonyl (C=O) groups excluding carboxylic acids is 1. The summed E-state index contributed by atoms with van der Waals surface area (Å²) in [4.78, 5) is 28.8. The second-order valence-corrected chi connectivity index (χ2v) is 8.47. The van der Waals surface area contributed by atoms with E-state index in [2.05, 4.69) is 11.9 Å². The molecule has 148 valence electrons. The molecule has 2 aromatic heterocycles. The SMILES string of the molecule is CCCn1c(=NC(=O)c2cc3cc([N+](=O)[O-])ccc3s2)sc2ccc(OC)cc21. The van der Waals surface area contributed by atoms with Crippen LogP contribution in [0.2, 0.25) is 0 Å². The van der Waals surface area contributed by atoms with Crippen LogP contribution in [0.1, 0.15) is 23.0 Å². The van der Waals surface area contributed by atoms with Crippen molar-refractivity contribution in [2.24, 2.45) is 4.99 Å². The molecule has 0 aliphatic carbocycles.